The molecule has 2 rings (SSSR count). The first-order chi connectivity index (χ1) is 11.6. The monoisotopic (exact) mass is 333 g/mol. The average Bonchev–Trinajstić information content (AvgIpc) is 2.62. The highest BCUT2D eigenvalue weighted by Gasteiger charge is 2.43. The number of benzene rings is 1. The highest BCUT2D eigenvalue weighted by atomic mass is 16.5. The van der Waals surface area contributed by atoms with E-state index in [0.29, 0.717) is 44.0 Å². The van der Waals surface area contributed by atoms with E-state index in [1.807, 2.05) is 30.0 Å². The van der Waals surface area contributed by atoms with Crippen LogP contribution in [0.3, 0.4) is 0 Å². The number of rotatable bonds is 6. The van der Waals surface area contributed by atoms with Crippen LogP contribution in [0.15, 0.2) is 18.2 Å². The van der Waals surface area contributed by atoms with Gasteiger partial charge in [-0.1, -0.05) is 0 Å². The number of piperidine rings is 1. The Bertz CT molecular complexity index is 619. The average molecular weight is 333 g/mol. The Morgan fingerprint density at radius 1 is 1.42 bits per heavy atom. The Labute approximate surface area is 141 Å². The van der Waals surface area contributed by atoms with E-state index in [9.17, 15) is 4.79 Å². The molecular weight excluding hydrogens is 310 g/mol. The standard InChI is InChI=1S/C17H23N3O4/c1-4-24-15-11-13(5-6-14(15)23-3)17(18-2)7-9-20(10-8-17)12-16(21)19-22/h5-6,11,22H,4,7-10,12H2,1,3H3,(H,19,21). The van der Waals surface area contributed by atoms with Gasteiger partial charge in [-0.25, -0.2) is 12.1 Å². The number of carbonyl (C=O) groups is 1. The zero-order chi connectivity index (χ0) is 17.6. The third-order valence-electron chi connectivity index (χ3n) is 4.39. The summed E-state index contributed by atoms with van der Waals surface area (Å²) < 4.78 is 10.9. The molecule has 1 aromatic rings. The topological polar surface area (TPSA) is 75.4 Å². The molecule has 1 aromatic carbocycles. The normalized spacial score (nSPS) is 16.9. The quantitative estimate of drug-likeness (QED) is 0.472. The number of nitrogens with one attached hydrogen (secondary N) is 1. The maximum Gasteiger partial charge on any atom is 0.260 e. The van der Waals surface area contributed by atoms with Gasteiger partial charge in [0, 0.05) is 31.5 Å². The van der Waals surface area contributed by atoms with E-state index in [1.165, 1.54) is 0 Å². The van der Waals surface area contributed by atoms with E-state index in [2.05, 4.69) is 4.85 Å². The number of nitrogens with zero attached hydrogens (tertiary/aromatic N) is 2. The fraction of sp³-hybridized carbons (Fsp3) is 0.529. The highest BCUT2D eigenvalue weighted by Crippen LogP contribution is 2.40. The Balaban J connectivity index is 2.19. The third-order valence-corrected chi connectivity index (χ3v) is 4.39. The zero-order valence-electron chi connectivity index (χ0n) is 14.0. The number of hydroxylamine groups is 1. The summed E-state index contributed by atoms with van der Waals surface area (Å²) in [5.41, 5.74) is 1.93. The van der Waals surface area contributed by atoms with Crippen molar-refractivity contribution >= 4 is 5.91 Å². The molecule has 1 fully saturated rings. The Morgan fingerprint density at radius 2 is 2.12 bits per heavy atom. The molecule has 1 amide bonds. The molecule has 0 radical (unpaired) electrons. The van der Waals surface area contributed by atoms with E-state index < -0.39 is 11.4 Å². The van der Waals surface area contributed by atoms with Crippen molar-refractivity contribution in [3.05, 3.63) is 35.2 Å². The molecule has 1 saturated heterocycles. The number of methoxy groups -OCH3 is 1. The van der Waals surface area contributed by atoms with Crippen molar-refractivity contribution in [2.45, 2.75) is 25.3 Å². The lowest BCUT2D eigenvalue weighted by Gasteiger charge is -2.33. The minimum atomic E-state index is -0.621. The minimum Gasteiger partial charge on any atom is -0.493 e. The van der Waals surface area contributed by atoms with Crippen LogP contribution in [0.2, 0.25) is 0 Å². The van der Waals surface area contributed by atoms with E-state index in [4.69, 9.17) is 21.3 Å². The van der Waals surface area contributed by atoms with Crippen molar-refractivity contribution < 1.29 is 19.5 Å². The lowest BCUT2D eigenvalue weighted by molar-refractivity contribution is -0.130. The SMILES string of the molecule is [C-]#[N+]C1(c2ccc(OC)c(OCC)c2)CCN(CC(=O)NO)CC1. The summed E-state index contributed by atoms with van der Waals surface area (Å²) in [6, 6.07) is 5.63. The van der Waals surface area contributed by atoms with Crippen LogP contribution in [0.4, 0.5) is 0 Å². The fourth-order valence-corrected chi connectivity index (χ4v) is 3.02. The Hall–Kier alpha value is -2.30. The van der Waals surface area contributed by atoms with Gasteiger partial charge in [0.25, 0.3) is 11.4 Å². The van der Waals surface area contributed by atoms with Gasteiger partial charge in [0.05, 0.1) is 20.3 Å². The summed E-state index contributed by atoms with van der Waals surface area (Å²) >= 11 is 0. The molecule has 0 aromatic heterocycles. The lowest BCUT2D eigenvalue weighted by atomic mass is 9.81. The molecule has 7 nitrogen and oxygen atoms in total. The van der Waals surface area contributed by atoms with Crippen molar-refractivity contribution in [3.8, 4) is 11.5 Å². The fourth-order valence-electron chi connectivity index (χ4n) is 3.02. The van der Waals surface area contributed by atoms with Crippen molar-refractivity contribution in [3.63, 3.8) is 0 Å². The molecule has 1 aliphatic heterocycles. The van der Waals surface area contributed by atoms with Gasteiger partial charge in [0.2, 0.25) is 0 Å². The second kappa shape index (κ2) is 7.99. The summed E-state index contributed by atoms with van der Waals surface area (Å²) in [6.07, 6.45) is 1.24. The zero-order valence-corrected chi connectivity index (χ0v) is 14.0. The number of carbonyl (C=O) groups excluding carboxylic acids is 1. The molecule has 0 saturated carbocycles. The summed E-state index contributed by atoms with van der Waals surface area (Å²) in [5.74, 6) is 0.855. The van der Waals surface area contributed by atoms with Gasteiger partial charge in [0.15, 0.2) is 11.5 Å². The van der Waals surface area contributed by atoms with Crippen LogP contribution in [-0.2, 0) is 10.3 Å². The molecule has 2 N–H and O–H groups in total. The summed E-state index contributed by atoms with van der Waals surface area (Å²) in [6.45, 7) is 11.5. The lowest BCUT2D eigenvalue weighted by Crippen LogP contribution is -2.44. The molecule has 0 bridgehead atoms. The summed E-state index contributed by atoms with van der Waals surface area (Å²) in [5, 5.41) is 8.62. The highest BCUT2D eigenvalue weighted by molar-refractivity contribution is 5.76. The first kappa shape index (κ1) is 18.0. The number of ether oxygens (including phenoxy) is 2. The number of hydrogen-bond donors (Lipinski definition) is 2. The van der Waals surface area contributed by atoms with Crippen molar-refractivity contribution in [1.82, 2.24) is 10.4 Å². The first-order valence-electron chi connectivity index (χ1n) is 7.93. The third kappa shape index (κ3) is 3.78. The van der Waals surface area contributed by atoms with Gasteiger partial charge in [-0.3, -0.25) is 14.9 Å². The van der Waals surface area contributed by atoms with Crippen molar-refractivity contribution in [1.29, 1.82) is 0 Å². The molecule has 24 heavy (non-hydrogen) atoms. The van der Waals surface area contributed by atoms with Crippen LogP contribution in [0.1, 0.15) is 25.3 Å². The number of amides is 1. The molecule has 1 aliphatic rings. The van der Waals surface area contributed by atoms with Gasteiger partial charge in [-0.15, -0.1) is 0 Å². The van der Waals surface area contributed by atoms with E-state index >= 15 is 0 Å². The predicted molar refractivity (Wildman–Crippen MR) is 88.0 cm³/mol. The van der Waals surface area contributed by atoms with Gasteiger partial charge in [0.1, 0.15) is 0 Å². The second-order valence-electron chi connectivity index (χ2n) is 5.75. The molecular formula is C17H23N3O4. The molecule has 0 atom stereocenters. The molecule has 1 heterocycles. The van der Waals surface area contributed by atoms with Gasteiger partial charge in [-0.05, 0) is 25.1 Å². The van der Waals surface area contributed by atoms with Gasteiger partial charge >= 0.3 is 0 Å². The molecule has 7 heteroatoms. The van der Waals surface area contributed by atoms with Gasteiger partial charge in [-0.2, -0.15) is 0 Å². The molecule has 0 spiro atoms. The maximum absolute atomic E-state index is 11.3. The molecule has 0 aliphatic carbocycles. The van der Waals surface area contributed by atoms with Crippen LogP contribution in [-0.4, -0.2) is 49.4 Å². The second-order valence-corrected chi connectivity index (χ2v) is 5.75. The predicted octanol–water partition coefficient (Wildman–Crippen LogP) is 1.81. The van der Waals surface area contributed by atoms with E-state index in [0.717, 1.165) is 5.56 Å². The van der Waals surface area contributed by atoms with Gasteiger partial charge < -0.3 is 14.3 Å². The van der Waals surface area contributed by atoms with Crippen molar-refractivity contribution in [2.75, 3.05) is 33.4 Å². The van der Waals surface area contributed by atoms with Crippen LogP contribution in [0.5, 0.6) is 11.5 Å². The largest absolute Gasteiger partial charge is 0.493 e. The minimum absolute atomic E-state index is 0.136. The van der Waals surface area contributed by atoms with Crippen LogP contribution in [0, 0.1) is 6.57 Å². The summed E-state index contributed by atoms with van der Waals surface area (Å²) in [4.78, 5) is 17.1. The first-order valence-corrected chi connectivity index (χ1v) is 7.93. The Morgan fingerprint density at radius 3 is 2.67 bits per heavy atom. The smallest absolute Gasteiger partial charge is 0.260 e. The molecule has 0 unspecified atom stereocenters. The maximum atomic E-state index is 11.3. The van der Waals surface area contributed by atoms with Crippen LogP contribution >= 0.6 is 0 Å². The number of likely N-dealkylation sites (tertiary alicyclic amines) is 1. The molecule has 130 valence electrons. The summed E-state index contributed by atoms with van der Waals surface area (Å²) in [7, 11) is 1.59. The van der Waals surface area contributed by atoms with Crippen LogP contribution in [0.25, 0.3) is 4.85 Å². The number of hydrogen-bond acceptors (Lipinski definition) is 5. The van der Waals surface area contributed by atoms with Crippen LogP contribution < -0.4 is 15.0 Å². The Kier molecular flexibility index (Phi) is 6.01. The van der Waals surface area contributed by atoms with E-state index in [-0.39, 0.29) is 6.54 Å². The van der Waals surface area contributed by atoms with E-state index in [1.54, 1.807) is 12.6 Å². The van der Waals surface area contributed by atoms with Crippen molar-refractivity contribution in [2.24, 2.45) is 0 Å².